The van der Waals surface area contributed by atoms with Gasteiger partial charge in [0, 0.05) is 36.7 Å². The molecule has 3 aromatic rings. The lowest BCUT2D eigenvalue weighted by molar-refractivity contribution is -0.159. The van der Waals surface area contributed by atoms with Crippen molar-refractivity contribution in [3.05, 3.63) is 70.9 Å². The largest absolute Gasteiger partial charge is 0.383 e. The molecule has 0 saturated carbocycles. The summed E-state index contributed by atoms with van der Waals surface area (Å²) in [6, 6.07) is 15.6. The minimum Gasteiger partial charge on any atom is -0.383 e. The number of ether oxygens (including phenoxy) is 1. The third-order valence-electron chi connectivity index (χ3n) is 6.27. The van der Waals surface area contributed by atoms with Gasteiger partial charge in [-0.2, -0.15) is 0 Å². The Morgan fingerprint density at radius 3 is 2.77 bits per heavy atom. The van der Waals surface area contributed by atoms with Crippen molar-refractivity contribution in [2.24, 2.45) is 0 Å². The van der Waals surface area contributed by atoms with Gasteiger partial charge < -0.3 is 19.5 Å². The molecule has 2 aliphatic rings. The zero-order valence-electron chi connectivity index (χ0n) is 17.2. The smallest absolute Gasteiger partial charge is 0.246 e. The fraction of sp³-hybridized carbons (Fsp3) is 0.333. The van der Waals surface area contributed by atoms with Gasteiger partial charge in [-0.05, 0) is 24.1 Å². The van der Waals surface area contributed by atoms with Crippen molar-refractivity contribution >= 4 is 22.7 Å². The predicted octanol–water partition coefficient (Wildman–Crippen LogP) is 2.81. The Bertz CT molecular complexity index is 1140. The van der Waals surface area contributed by atoms with E-state index in [-0.39, 0.29) is 24.4 Å². The number of carbonyl (C=O) groups is 2. The highest BCUT2D eigenvalue weighted by Crippen LogP contribution is 2.42. The molecule has 6 heteroatoms. The number of nitrogens with one attached hydrogen (secondary N) is 1. The van der Waals surface area contributed by atoms with E-state index < -0.39 is 6.04 Å². The van der Waals surface area contributed by atoms with Crippen molar-refractivity contribution in [3.8, 4) is 0 Å². The van der Waals surface area contributed by atoms with E-state index in [4.69, 9.17) is 4.74 Å². The van der Waals surface area contributed by atoms with Gasteiger partial charge in [-0.25, -0.2) is 0 Å². The number of H-pyrrole nitrogens is 1. The molecule has 0 unspecified atom stereocenters. The van der Waals surface area contributed by atoms with Gasteiger partial charge >= 0.3 is 0 Å². The summed E-state index contributed by atoms with van der Waals surface area (Å²) >= 11 is 0. The number of aromatic nitrogens is 1. The molecule has 6 nitrogen and oxygen atoms in total. The number of carbonyl (C=O) groups excluding carboxylic acids is 2. The van der Waals surface area contributed by atoms with Gasteiger partial charge in [0.2, 0.25) is 11.8 Å². The zero-order valence-corrected chi connectivity index (χ0v) is 17.2. The number of para-hydroxylation sites is 1. The molecule has 2 aromatic carbocycles. The Labute approximate surface area is 175 Å². The van der Waals surface area contributed by atoms with Gasteiger partial charge in [0.15, 0.2) is 0 Å². The minimum absolute atomic E-state index is 0.000217. The highest BCUT2D eigenvalue weighted by Gasteiger charge is 2.48. The first-order chi connectivity index (χ1) is 14.6. The average Bonchev–Trinajstić information content (AvgIpc) is 3.12. The van der Waals surface area contributed by atoms with Crippen molar-refractivity contribution in [1.82, 2.24) is 14.8 Å². The second-order valence-corrected chi connectivity index (χ2v) is 8.15. The number of amides is 2. The lowest BCUT2D eigenvalue weighted by Crippen LogP contribution is -2.63. The highest BCUT2D eigenvalue weighted by atomic mass is 16.5. The maximum absolute atomic E-state index is 13.4. The van der Waals surface area contributed by atoms with Crippen LogP contribution in [0.15, 0.2) is 48.5 Å². The third kappa shape index (κ3) is 2.91. The molecule has 1 aromatic heterocycles. The number of piperazine rings is 1. The summed E-state index contributed by atoms with van der Waals surface area (Å²) in [4.78, 5) is 33.7. The monoisotopic (exact) mass is 403 g/mol. The van der Waals surface area contributed by atoms with Crippen LogP contribution in [0.1, 0.15) is 28.4 Å². The molecule has 2 atom stereocenters. The summed E-state index contributed by atoms with van der Waals surface area (Å²) < 4.78 is 5.15. The van der Waals surface area contributed by atoms with Crippen LogP contribution < -0.4 is 0 Å². The standard InChI is InChI=1S/C24H25N3O3/c1-15-6-5-7-16(12-15)23-22-18(17-8-3-4-9-19(17)25-22)13-20-24(29)26(10-11-30-2)14-21(28)27(20)23/h3-9,12,20,23,25H,10-11,13-14H2,1-2H3/t20-,23+/m0/s1. The van der Waals surface area contributed by atoms with Crippen LogP contribution in [0.5, 0.6) is 0 Å². The summed E-state index contributed by atoms with van der Waals surface area (Å²) in [6.45, 7) is 2.99. The molecule has 1 N–H and O–H groups in total. The SMILES string of the molecule is COCCN1CC(=O)N2[C@H](c3cccc(C)c3)c3[nH]c4ccccc4c3C[C@H]2C1=O. The molecule has 1 fully saturated rings. The molecule has 0 aliphatic carbocycles. The van der Waals surface area contributed by atoms with Crippen molar-refractivity contribution < 1.29 is 14.3 Å². The first-order valence-electron chi connectivity index (χ1n) is 10.3. The Morgan fingerprint density at radius 2 is 1.97 bits per heavy atom. The number of hydrogen-bond acceptors (Lipinski definition) is 3. The van der Waals surface area contributed by atoms with Gasteiger partial charge in [0.05, 0.1) is 19.2 Å². The van der Waals surface area contributed by atoms with E-state index in [9.17, 15) is 9.59 Å². The van der Waals surface area contributed by atoms with Crippen LogP contribution in [0.4, 0.5) is 0 Å². The van der Waals surface area contributed by atoms with Gasteiger partial charge in [0.25, 0.3) is 0 Å². The fourth-order valence-corrected chi connectivity index (χ4v) is 4.90. The topological polar surface area (TPSA) is 65.6 Å². The third-order valence-corrected chi connectivity index (χ3v) is 6.27. The second kappa shape index (κ2) is 7.29. The maximum atomic E-state index is 13.4. The molecule has 3 heterocycles. The number of rotatable bonds is 4. The molecule has 2 aliphatic heterocycles. The number of methoxy groups -OCH3 is 1. The minimum atomic E-state index is -0.500. The van der Waals surface area contributed by atoms with Gasteiger partial charge in [-0.1, -0.05) is 48.0 Å². The Balaban J connectivity index is 1.67. The van der Waals surface area contributed by atoms with Crippen molar-refractivity contribution in [2.75, 3.05) is 26.8 Å². The number of nitrogens with zero attached hydrogens (tertiary/aromatic N) is 2. The summed E-state index contributed by atoms with van der Waals surface area (Å²) in [6.07, 6.45) is 0.524. The van der Waals surface area contributed by atoms with Crippen LogP contribution in [0.25, 0.3) is 10.9 Å². The summed E-state index contributed by atoms with van der Waals surface area (Å²) in [5.41, 5.74) is 5.34. The van der Waals surface area contributed by atoms with E-state index in [1.54, 1.807) is 16.9 Å². The van der Waals surface area contributed by atoms with Crippen molar-refractivity contribution in [2.45, 2.75) is 25.4 Å². The van der Waals surface area contributed by atoms with Gasteiger partial charge in [0.1, 0.15) is 6.04 Å². The molecule has 0 bridgehead atoms. The van der Waals surface area contributed by atoms with Gasteiger partial charge in [-0.3, -0.25) is 9.59 Å². The molecular formula is C24H25N3O3. The molecule has 0 spiro atoms. The fourth-order valence-electron chi connectivity index (χ4n) is 4.90. The molecule has 5 rings (SSSR count). The van der Waals surface area contributed by atoms with Crippen LogP contribution in [0.3, 0.4) is 0 Å². The lowest BCUT2D eigenvalue weighted by atomic mass is 9.86. The number of fused-ring (bicyclic) bond motifs is 4. The van der Waals surface area contributed by atoms with Crippen molar-refractivity contribution in [1.29, 1.82) is 0 Å². The van der Waals surface area contributed by atoms with Crippen molar-refractivity contribution in [3.63, 3.8) is 0 Å². The number of aromatic amines is 1. The van der Waals surface area contributed by atoms with Crippen LogP contribution >= 0.6 is 0 Å². The van der Waals surface area contributed by atoms with Gasteiger partial charge in [-0.15, -0.1) is 0 Å². The quantitative estimate of drug-likeness (QED) is 0.729. The number of benzene rings is 2. The molecule has 0 radical (unpaired) electrons. The summed E-state index contributed by atoms with van der Waals surface area (Å²) in [5, 5.41) is 1.12. The molecular weight excluding hydrogens is 378 g/mol. The van der Waals surface area contributed by atoms with E-state index in [2.05, 4.69) is 23.2 Å². The van der Waals surface area contributed by atoms with Crippen LogP contribution in [0.2, 0.25) is 0 Å². The average molecular weight is 403 g/mol. The summed E-state index contributed by atoms with van der Waals surface area (Å²) in [7, 11) is 1.61. The molecule has 1 saturated heterocycles. The Hall–Kier alpha value is -3.12. The second-order valence-electron chi connectivity index (χ2n) is 8.15. The van der Waals surface area contributed by atoms with Crippen LogP contribution in [0, 0.1) is 6.92 Å². The lowest BCUT2D eigenvalue weighted by Gasteiger charge is -2.47. The zero-order chi connectivity index (χ0) is 20.8. The highest BCUT2D eigenvalue weighted by molar-refractivity contribution is 5.97. The number of aryl methyl sites for hydroxylation is 1. The predicted molar refractivity (Wildman–Crippen MR) is 114 cm³/mol. The number of hydrogen-bond donors (Lipinski definition) is 1. The van der Waals surface area contributed by atoms with E-state index >= 15 is 0 Å². The molecule has 30 heavy (non-hydrogen) atoms. The van der Waals surface area contributed by atoms with E-state index in [0.29, 0.717) is 19.6 Å². The molecule has 154 valence electrons. The Kier molecular flexibility index (Phi) is 4.59. The van der Waals surface area contributed by atoms with Crippen LogP contribution in [-0.4, -0.2) is 59.4 Å². The first kappa shape index (κ1) is 18.9. The van der Waals surface area contributed by atoms with E-state index in [1.165, 1.54) is 0 Å². The van der Waals surface area contributed by atoms with Crippen LogP contribution in [-0.2, 0) is 20.7 Å². The Morgan fingerprint density at radius 1 is 1.13 bits per heavy atom. The normalized spacial score (nSPS) is 21.1. The maximum Gasteiger partial charge on any atom is 0.246 e. The summed E-state index contributed by atoms with van der Waals surface area (Å²) in [5.74, 6) is -0.0215. The first-order valence-corrected chi connectivity index (χ1v) is 10.3. The molecule has 2 amide bonds. The van der Waals surface area contributed by atoms with E-state index in [1.807, 2.05) is 37.3 Å². The van der Waals surface area contributed by atoms with E-state index in [0.717, 1.165) is 33.3 Å².